The molecule has 1 aromatic carbocycles. The number of hydrogen-bond donors (Lipinski definition) is 3. The molecule has 1 saturated heterocycles. The topological polar surface area (TPSA) is 99.3 Å². The van der Waals surface area contributed by atoms with E-state index < -0.39 is 21.8 Å². The fraction of sp³-hybridized carbons (Fsp3) is 0.400. The molecule has 0 saturated carbocycles. The SMILES string of the molecule is O=C(O)[C@H](Cc1c[nH]c2ccccc12)N[C@H]1CCS(=O)(=O)C1. The summed E-state index contributed by atoms with van der Waals surface area (Å²) in [6, 6.07) is 6.63. The van der Waals surface area contributed by atoms with Crippen LogP contribution in [0.25, 0.3) is 10.9 Å². The van der Waals surface area contributed by atoms with Gasteiger partial charge >= 0.3 is 5.97 Å². The Morgan fingerprint density at radius 2 is 2.18 bits per heavy atom. The number of aliphatic carboxylic acids is 1. The fourth-order valence-corrected chi connectivity index (χ4v) is 4.64. The molecule has 118 valence electrons. The molecular weight excluding hydrogens is 304 g/mol. The Morgan fingerprint density at radius 3 is 2.86 bits per heavy atom. The van der Waals surface area contributed by atoms with E-state index in [4.69, 9.17) is 0 Å². The van der Waals surface area contributed by atoms with Gasteiger partial charge in [0.15, 0.2) is 9.84 Å². The van der Waals surface area contributed by atoms with Crippen LogP contribution >= 0.6 is 0 Å². The number of H-pyrrole nitrogens is 1. The van der Waals surface area contributed by atoms with Crippen LogP contribution in [0, 0.1) is 0 Å². The maximum atomic E-state index is 11.5. The molecule has 2 aromatic rings. The number of aromatic nitrogens is 1. The standard InChI is InChI=1S/C15H18N2O4S/c18-15(19)14(17-11-5-6-22(20,21)9-11)7-10-8-16-13-4-2-1-3-12(10)13/h1-4,8,11,14,16-17H,5-7,9H2,(H,18,19)/t11-,14-/m0/s1. The predicted octanol–water partition coefficient (Wildman–Crippen LogP) is 0.940. The predicted molar refractivity (Wildman–Crippen MR) is 83.6 cm³/mol. The monoisotopic (exact) mass is 322 g/mol. The third-order valence-electron chi connectivity index (χ3n) is 4.07. The highest BCUT2D eigenvalue weighted by molar-refractivity contribution is 7.91. The van der Waals surface area contributed by atoms with E-state index in [1.165, 1.54) is 0 Å². The number of carboxylic acids is 1. The van der Waals surface area contributed by atoms with Crippen LogP contribution in [0.5, 0.6) is 0 Å². The van der Waals surface area contributed by atoms with Crippen LogP contribution in [0.2, 0.25) is 0 Å². The highest BCUT2D eigenvalue weighted by Gasteiger charge is 2.31. The summed E-state index contributed by atoms with van der Waals surface area (Å²) in [5.74, 6) is -0.816. The second-order valence-electron chi connectivity index (χ2n) is 5.72. The molecule has 7 heteroatoms. The number of nitrogens with one attached hydrogen (secondary N) is 2. The van der Waals surface area contributed by atoms with E-state index >= 15 is 0 Å². The Balaban J connectivity index is 1.76. The number of carbonyl (C=O) groups is 1. The number of benzene rings is 1. The molecule has 0 radical (unpaired) electrons. The van der Waals surface area contributed by atoms with Crippen molar-refractivity contribution in [3.8, 4) is 0 Å². The maximum absolute atomic E-state index is 11.5. The molecule has 2 heterocycles. The number of para-hydroxylation sites is 1. The first-order chi connectivity index (χ1) is 10.4. The molecule has 0 spiro atoms. The average molecular weight is 322 g/mol. The van der Waals surface area contributed by atoms with Gasteiger partial charge in [-0.1, -0.05) is 18.2 Å². The molecule has 2 atom stereocenters. The summed E-state index contributed by atoms with van der Waals surface area (Å²) in [4.78, 5) is 14.6. The Morgan fingerprint density at radius 1 is 1.41 bits per heavy atom. The second-order valence-corrected chi connectivity index (χ2v) is 7.95. The van der Waals surface area contributed by atoms with Gasteiger partial charge < -0.3 is 15.4 Å². The second kappa shape index (κ2) is 5.73. The van der Waals surface area contributed by atoms with Crippen molar-refractivity contribution in [3.05, 3.63) is 36.0 Å². The van der Waals surface area contributed by atoms with E-state index in [0.29, 0.717) is 12.8 Å². The number of sulfone groups is 1. The Hall–Kier alpha value is -1.86. The van der Waals surface area contributed by atoms with Crippen LogP contribution in [0.1, 0.15) is 12.0 Å². The minimum Gasteiger partial charge on any atom is -0.480 e. The first-order valence-corrected chi connectivity index (χ1v) is 9.01. The molecule has 3 rings (SSSR count). The van der Waals surface area contributed by atoms with Crippen molar-refractivity contribution in [1.29, 1.82) is 0 Å². The number of carboxylic acid groups (broad SMARTS) is 1. The first-order valence-electron chi connectivity index (χ1n) is 7.19. The Kier molecular flexibility index (Phi) is 3.92. The van der Waals surface area contributed by atoms with Crippen LogP contribution < -0.4 is 5.32 Å². The first kappa shape index (κ1) is 15.1. The number of rotatable bonds is 5. The van der Waals surface area contributed by atoms with Gasteiger partial charge in [0, 0.05) is 29.6 Å². The van der Waals surface area contributed by atoms with E-state index in [-0.39, 0.29) is 17.5 Å². The van der Waals surface area contributed by atoms with Gasteiger partial charge in [-0.2, -0.15) is 0 Å². The largest absolute Gasteiger partial charge is 0.480 e. The lowest BCUT2D eigenvalue weighted by molar-refractivity contribution is -0.139. The van der Waals surface area contributed by atoms with E-state index in [9.17, 15) is 18.3 Å². The normalized spacial score (nSPS) is 21.9. The Labute approximate surface area is 128 Å². The summed E-state index contributed by atoms with van der Waals surface area (Å²) >= 11 is 0. The van der Waals surface area contributed by atoms with Crippen molar-refractivity contribution in [2.75, 3.05) is 11.5 Å². The summed E-state index contributed by atoms with van der Waals surface area (Å²) in [6.07, 6.45) is 2.60. The van der Waals surface area contributed by atoms with Crippen molar-refractivity contribution < 1.29 is 18.3 Å². The smallest absolute Gasteiger partial charge is 0.321 e. The van der Waals surface area contributed by atoms with Crippen molar-refractivity contribution in [1.82, 2.24) is 10.3 Å². The highest BCUT2D eigenvalue weighted by atomic mass is 32.2. The third kappa shape index (κ3) is 3.15. The molecule has 1 aromatic heterocycles. The van der Waals surface area contributed by atoms with E-state index in [2.05, 4.69) is 10.3 Å². The molecule has 0 bridgehead atoms. The number of aromatic amines is 1. The lowest BCUT2D eigenvalue weighted by Gasteiger charge is -2.18. The molecule has 0 aliphatic carbocycles. The third-order valence-corrected chi connectivity index (χ3v) is 5.83. The van der Waals surface area contributed by atoms with E-state index in [1.54, 1.807) is 0 Å². The van der Waals surface area contributed by atoms with Crippen molar-refractivity contribution in [3.63, 3.8) is 0 Å². The van der Waals surface area contributed by atoms with Crippen LogP contribution in [-0.4, -0.2) is 48.1 Å². The number of fused-ring (bicyclic) bond motifs is 1. The van der Waals surface area contributed by atoms with Gasteiger partial charge in [-0.25, -0.2) is 8.42 Å². The van der Waals surface area contributed by atoms with Crippen molar-refractivity contribution >= 4 is 26.7 Å². The Bertz CT molecular complexity index is 797. The van der Waals surface area contributed by atoms with Crippen molar-refractivity contribution in [2.24, 2.45) is 0 Å². The van der Waals surface area contributed by atoms with Gasteiger partial charge in [-0.05, 0) is 18.1 Å². The minimum atomic E-state index is -3.03. The number of hydrogen-bond acceptors (Lipinski definition) is 4. The van der Waals surface area contributed by atoms with Crippen LogP contribution in [0.4, 0.5) is 0 Å². The average Bonchev–Trinajstić information content (AvgIpc) is 3.02. The maximum Gasteiger partial charge on any atom is 0.321 e. The fourth-order valence-electron chi connectivity index (χ4n) is 2.95. The zero-order valence-electron chi connectivity index (χ0n) is 12.0. The summed E-state index contributed by atoms with van der Waals surface area (Å²) in [5.41, 5.74) is 1.88. The summed E-state index contributed by atoms with van der Waals surface area (Å²) < 4.78 is 23.0. The van der Waals surface area contributed by atoms with Crippen LogP contribution in [-0.2, 0) is 21.1 Å². The summed E-state index contributed by atoms with van der Waals surface area (Å²) in [7, 11) is -3.03. The van der Waals surface area contributed by atoms with Crippen LogP contribution in [0.15, 0.2) is 30.5 Å². The zero-order chi connectivity index (χ0) is 15.7. The lowest BCUT2D eigenvalue weighted by Crippen LogP contribution is -2.45. The van der Waals surface area contributed by atoms with Gasteiger partial charge in [0.25, 0.3) is 0 Å². The summed E-state index contributed by atoms with van der Waals surface area (Å²) in [5, 5.41) is 13.4. The molecule has 22 heavy (non-hydrogen) atoms. The lowest BCUT2D eigenvalue weighted by atomic mass is 10.0. The van der Waals surface area contributed by atoms with E-state index in [1.807, 2.05) is 30.5 Å². The highest BCUT2D eigenvalue weighted by Crippen LogP contribution is 2.20. The minimum absolute atomic E-state index is 0.0185. The molecule has 6 nitrogen and oxygen atoms in total. The molecule has 0 unspecified atom stereocenters. The molecule has 0 amide bonds. The van der Waals surface area contributed by atoms with Gasteiger partial charge in [0.2, 0.25) is 0 Å². The van der Waals surface area contributed by atoms with Crippen molar-refractivity contribution in [2.45, 2.75) is 24.9 Å². The molecule has 1 aliphatic rings. The molecule has 1 fully saturated rings. The quantitative estimate of drug-likeness (QED) is 0.761. The molecule has 3 N–H and O–H groups in total. The van der Waals surface area contributed by atoms with Gasteiger partial charge in [0.05, 0.1) is 11.5 Å². The van der Waals surface area contributed by atoms with Gasteiger partial charge in [-0.3, -0.25) is 4.79 Å². The van der Waals surface area contributed by atoms with Gasteiger partial charge in [0.1, 0.15) is 6.04 Å². The van der Waals surface area contributed by atoms with Gasteiger partial charge in [-0.15, -0.1) is 0 Å². The zero-order valence-corrected chi connectivity index (χ0v) is 12.8. The molecule has 1 aliphatic heterocycles. The molecular formula is C15H18N2O4S. The summed E-state index contributed by atoms with van der Waals surface area (Å²) in [6.45, 7) is 0. The van der Waals surface area contributed by atoms with E-state index in [0.717, 1.165) is 16.5 Å². The van der Waals surface area contributed by atoms with Crippen LogP contribution in [0.3, 0.4) is 0 Å².